The molecule has 0 saturated carbocycles. The van der Waals surface area contributed by atoms with E-state index in [4.69, 9.17) is 9.72 Å². The van der Waals surface area contributed by atoms with Crippen molar-refractivity contribution >= 4 is 11.3 Å². The van der Waals surface area contributed by atoms with E-state index in [-0.39, 0.29) is 6.10 Å². The number of nitrogens with zero attached hydrogens (tertiary/aromatic N) is 1. The SMILES string of the molecule is CNC1CCCc2nc(C3CCC(C)O3)sc21. The summed E-state index contributed by atoms with van der Waals surface area (Å²) in [4.78, 5) is 6.27. The lowest BCUT2D eigenvalue weighted by Crippen LogP contribution is -2.19. The Hall–Kier alpha value is -0.450. The predicted octanol–water partition coefficient (Wildman–Crippen LogP) is 2.98. The molecule has 0 aromatic carbocycles. The van der Waals surface area contributed by atoms with Crippen LogP contribution in [0.1, 0.15) is 60.3 Å². The van der Waals surface area contributed by atoms with Crippen molar-refractivity contribution in [2.24, 2.45) is 0 Å². The molecule has 1 aliphatic heterocycles. The minimum atomic E-state index is 0.262. The Balaban J connectivity index is 1.85. The molecule has 94 valence electrons. The highest BCUT2D eigenvalue weighted by Gasteiger charge is 2.30. The third-order valence-electron chi connectivity index (χ3n) is 3.82. The smallest absolute Gasteiger partial charge is 0.122 e. The second-order valence-electron chi connectivity index (χ2n) is 5.11. The first-order valence-corrected chi connectivity index (χ1v) is 7.42. The van der Waals surface area contributed by atoms with Gasteiger partial charge in [-0.15, -0.1) is 11.3 Å². The molecule has 2 aliphatic rings. The molecule has 1 aromatic rings. The molecule has 3 unspecified atom stereocenters. The predicted molar refractivity (Wildman–Crippen MR) is 69.4 cm³/mol. The fourth-order valence-electron chi connectivity index (χ4n) is 2.84. The molecule has 3 rings (SSSR count). The summed E-state index contributed by atoms with van der Waals surface area (Å²) < 4.78 is 5.92. The third-order valence-corrected chi connectivity index (χ3v) is 5.13. The highest BCUT2D eigenvalue weighted by Crippen LogP contribution is 2.40. The molecule has 0 radical (unpaired) electrons. The molecule has 1 saturated heterocycles. The van der Waals surface area contributed by atoms with Gasteiger partial charge < -0.3 is 10.1 Å². The Bertz CT molecular complexity index is 404. The van der Waals surface area contributed by atoms with Crippen LogP contribution >= 0.6 is 11.3 Å². The summed E-state index contributed by atoms with van der Waals surface area (Å²) in [7, 11) is 2.05. The molecule has 1 aliphatic carbocycles. The van der Waals surface area contributed by atoms with Crippen molar-refractivity contribution in [3.05, 3.63) is 15.6 Å². The van der Waals surface area contributed by atoms with Crippen molar-refractivity contribution < 1.29 is 4.74 Å². The van der Waals surface area contributed by atoms with Crippen LogP contribution in [0.4, 0.5) is 0 Å². The number of fused-ring (bicyclic) bond motifs is 1. The summed E-state index contributed by atoms with van der Waals surface area (Å²) in [6, 6.07) is 0.517. The number of ether oxygens (including phenoxy) is 1. The molecule has 0 spiro atoms. The maximum absolute atomic E-state index is 5.92. The van der Waals surface area contributed by atoms with Gasteiger partial charge >= 0.3 is 0 Å². The summed E-state index contributed by atoms with van der Waals surface area (Å²) in [5, 5.41) is 4.61. The van der Waals surface area contributed by atoms with Crippen molar-refractivity contribution in [1.82, 2.24) is 10.3 Å². The summed E-state index contributed by atoms with van der Waals surface area (Å²) >= 11 is 1.87. The van der Waals surface area contributed by atoms with E-state index >= 15 is 0 Å². The number of aromatic nitrogens is 1. The van der Waals surface area contributed by atoms with Gasteiger partial charge in [0.25, 0.3) is 0 Å². The number of rotatable bonds is 2. The van der Waals surface area contributed by atoms with Crippen molar-refractivity contribution in [3.63, 3.8) is 0 Å². The normalized spacial score (nSPS) is 32.7. The van der Waals surface area contributed by atoms with Gasteiger partial charge in [-0.3, -0.25) is 0 Å². The molecule has 1 fully saturated rings. The second kappa shape index (κ2) is 4.67. The maximum Gasteiger partial charge on any atom is 0.122 e. The summed E-state index contributed by atoms with van der Waals surface area (Å²) in [6.45, 7) is 2.16. The summed E-state index contributed by atoms with van der Waals surface area (Å²) in [5.74, 6) is 0. The van der Waals surface area contributed by atoms with Crippen molar-refractivity contribution in [2.45, 2.75) is 57.3 Å². The number of hydrogen-bond donors (Lipinski definition) is 1. The zero-order chi connectivity index (χ0) is 11.8. The van der Waals surface area contributed by atoms with Gasteiger partial charge in [-0.05, 0) is 46.1 Å². The van der Waals surface area contributed by atoms with Crippen LogP contribution in [0.2, 0.25) is 0 Å². The van der Waals surface area contributed by atoms with E-state index in [1.807, 2.05) is 18.4 Å². The van der Waals surface area contributed by atoms with E-state index < -0.39 is 0 Å². The van der Waals surface area contributed by atoms with Crippen molar-refractivity contribution in [2.75, 3.05) is 7.05 Å². The van der Waals surface area contributed by atoms with Crippen LogP contribution in [0.3, 0.4) is 0 Å². The Morgan fingerprint density at radius 1 is 1.35 bits per heavy atom. The minimum Gasteiger partial charge on any atom is -0.368 e. The molecule has 17 heavy (non-hydrogen) atoms. The van der Waals surface area contributed by atoms with Crippen molar-refractivity contribution in [1.29, 1.82) is 0 Å². The monoisotopic (exact) mass is 252 g/mol. The highest BCUT2D eigenvalue weighted by atomic mass is 32.1. The molecular formula is C13H20N2OS. The Labute approximate surface area is 107 Å². The molecule has 0 bridgehead atoms. The molecule has 0 amide bonds. The third kappa shape index (κ3) is 2.14. The quantitative estimate of drug-likeness (QED) is 0.878. The zero-order valence-corrected chi connectivity index (χ0v) is 11.3. The minimum absolute atomic E-state index is 0.262. The van der Waals surface area contributed by atoms with Gasteiger partial charge in [0.1, 0.15) is 11.1 Å². The van der Waals surface area contributed by atoms with E-state index in [1.165, 1.54) is 34.8 Å². The first-order valence-electron chi connectivity index (χ1n) is 6.60. The Morgan fingerprint density at radius 3 is 2.94 bits per heavy atom. The van der Waals surface area contributed by atoms with Crippen LogP contribution in [0, 0.1) is 0 Å². The van der Waals surface area contributed by atoms with Gasteiger partial charge in [0, 0.05) is 10.9 Å². The van der Waals surface area contributed by atoms with Crippen LogP contribution < -0.4 is 5.32 Å². The number of nitrogens with one attached hydrogen (secondary N) is 1. The van der Waals surface area contributed by atoms with Gasteiger partial charge in [0.15, 0.2) is 0 Å². The van der Waals surface area contributed by atoms with Crippen LogP contribution in [0.15, 0.2) is 0 Å². The van der Waals surface area contributed by atoms with Crippen molar-refractivity contribution in [3.8, 4) is 0 Å². The highest BCUT2D eigenvalue weighted by molar-refractivity contribution is 7.11. The van der Waals surface area contributed by atoms with Gasteiger partial charge in [0.05, 0.1) is 11.8 Å². The van der Waals surface area contributed by atoms with E-state index in [0.29, 0.717) is 12.1 Å². The molecular weight excluding hydrogens is 232 g/mol. The zero-order valence-electron chi connectivity index (χ0n) is 10.5. The average molecular weight is 252 g/mol. The second-order valence-corrected chi connectivity index (χ2v) is 6.17. The molecule has 1 aromatic heterocycles. The van der Waals surface area contributed by atoms with Gasteiger partial charge in [-0.2, -0.15) is 0 Å². The number of aryl methyl sites for hydroxylation is 1. The van der Waals surface area contributed by atoms with Gasteiger partial charge in [-0.1, -0.05) is 0 Å². The molecule has 4 heteroatoms. The van der Waals surface area contributed by atoms with Gasteiger partial charge in [0.2, 0.25) is 0 Å². The first kappa shape index (κ1) is 11.6. The van der Waals surface area contributed by atoms with Crippen LogP contribution in [0.5, 0.6) is 0 Å². The maximum atomic E-state index is 5.92. The standard InChI is InChI=1S/C13H20N2OS/c1-8-6-7-11(16-8)13-15-10-5-3-4-9(14-2)12(10)17-13/h8-9,11,14H,3-7H2,1-2H3. The largest absolute Gasteiger partial charge is 0.368 e. The van der Waals surface area contributed by atoms with Crippen LogP contribution in [-0.2, 0) is 11.2 Å². The molecule has 2 heterocycles. The fourth-order valence-corrected chi connectivity index (χ4v) is 4.17. The molecule has 3 nitrogen and oxygen atoms in total. The van der Waals surface area contributed by atoms with Gasteiger partial charge in [-0.25, -0.2) is 4.98 Å². The number of thiazole rings is 1. The van der Waals surface area contributed by atoms with E-state index in [2.05, 4.69) is 12.2 Å². The van der Waals surface area contributed by atoms with Crippen LogP contribution in [0.25, 0.3) is 0 Å². The van der Waals surface area contributed by atoms with E-state index in [0.717, 1.165) is 12.8 Å². The van der Waals surface area contributed by atoms with E-state index in [9.17, 15) is 0 Å². The van der Waals surface area contributed by atoms with E-state index in [1.54, 1.807) is 0 Å². The molecule has 1 N–H and O–H groups in total. The summed E-state index contributed by atoms with van der Waals surface area (Å²) in [5.41, 5.74) is 1.32. The number of hydrogen-bond acceptors (Lipinski definition) is 4. The first-order chi connectivity index (χ1) is 8.28. The Kier molecular flexibility index (Phi) is 3.19. The fraction of sp³-hybridized carbons (Fsp3) is 0.769. The average Bonchev–Trinajstić information content (AvgIpc) is 2.93. The molecule has 3 atom stereocenters. The Morgan fingerprint density at radius 2 is 2.24 bits per heavy atom. The lowest BCUT2D eigenvalue weighted by atomic mass is 9.98. The topological polar surface area (TPSA) is 34.2 Å². The van der Waals surface area contributed by atoms with Crippen LogP contribution in [-0.4, -0.2) is 18.1 Å². The summed E-state index contributed by atoms with van der Waals surface area (Å²) in [6.07, 6.45) is 6.62. The lowest BCUT2D eigenvalue weighted by Gasteiger charge is -2.20. The lowest BCUT2D eigenvalue weighted by molar-refractivity contribution is 0.0553.